The fourth-order valence-corrected chi connectivity index (χ4v) is 2.85. The zero-order valence-electron chi connectivity index (χ0n) is 11.6. The van der Waals surface area contributed by atoms with Crippen LogP contribution >= 0.6 is 0 Å². The highest BCUT2D eigenvalue weighted by Crippen LogP contribution is 2.32. The van der Waals surface area contributed by atoms with E-state index in [0.29, 0.717) is 22.8 Å². The number of aromatic nitrogens is 1. The first-order valence-corrected chi connectivity index (χ1v) is 6.93. The molecule has 0 aliphatic carbocycles. The summed E-state index contributed by atoms with van der Waals surface area (Å²) in [6.45, 7) is -0.499. The van der Waals surface area contributed by atoms with Gasteiger partial charge in [-0.05, 0) is 6.07 Å². The summed E-state index contributed by atoms with van der Waals surface area (Å²) in [4.78, 5) is 11.2. The summed E-state index contributed by atoms with van der Waals surface area (Å²) in [5.41, 5.74) is 1.07. The predicted molar refractivity (Wildman–Crippen MR) is 76.3 cm³/mol. The summed E-state index contributed by atoms with van der Waals surface area (Å²) in [5, 5.41) is 39.8. The molecule has 7 nitrogen and oxygen atoms in total. The number of aldehydes is 1. The summed E-state index contributed by atoms with van der Waals surface area (Å²) in [5.74, 6) is 0. The molecule has 7 heteroatoms. The van der Waals surface area contributed by atoms with Gasteiger partial charge in [0, 0.05) is 17.1 Å². The summed E-state index contributed by atoms with van der Waals surface area (Å²) in [7, 11) is 0. The minimum atomic E-state index is -1.46. The first-order valence-electron chi connectivity index (χ1n) is 6.93. The number of ether oxygens (including phenoxy) is 1. The maximum absolute atomic E-state index is 11.2. The number of para-hydroxylation sites is 1. The third-order valence-electron chi connectivity index (χ3n) is 4.04. The Morgan fingerprint density at radius 1 is 1.14 bits per heavy atom. The lowest BCUT2D eigenvalue weighted by Crippen LogP contribution is -2.56. The molecule has 5 atom stereocenters. The standard InChI is InChI=1S/C15H17NO6/c17-6-8-5-16(10-4-2-1-3-9(8)10)15-14(21)13(20)12(19)11(7-18)22-15/h1-6,11-15,18-21H,7H2/t11?,12-,13?,14?,15-/m1/s1. The highest BCUT2D eigenvalue weighted by Gasteiger charge is 2.44. The molecule has 0 bridgehead atoms. The predicted octanol–water partition coefficient (Wildman–Crippen LogP) is -0.574. The zero-order valence-corrected chi connectivity index (χ0v) is 11.6. The van der Waals surface area contributed by atoms with Gasteiger partial charge in [0.2, 0.25) is 0 Å². The first-order chi connectivity index (χ1) is 10.6. The molecular weight excluding hydrogens is 290 g/mol. The van der Waals surface area contributed by atoms with E-state index in [1.54, 1.807) is 24.3 Å². The fourth-order valence-electron chi connectivity index (χ4n) is 2.85. The minimum Gasteiger partial charge on any atom is -0.394 e. The van der Waals surface area contributed by atoms with Crippen molar-refractivity contribution in [3.05, 3.63) is 36.0 Å². The number of aliphatic hydroxyl groups excluding tert-OH is 4. The number of hydrogen-bond donors (Lipinski definition) is 4. The molecule has 0 radical (unpaired) electrons. The second-order valence-electron chi connectivity index (χ2n) is 5.35. The fraction of sp³-hybridized carbons (Fsp3) is 0.400. The van der Waals surface area contributed by atoms with Crippen LogP contribution in [0.4, 0.5) is 0 Å². The van der Waals surface area contributed by atoms with Crippen LogP contribution in [0.5, 0.6) is 0 Å². The van der Waals surface area contributed by atoms with Crippen molar-refractivity contribution in [3.8, 4) is 0 Å². The number of rotatable bonds is 3. The highest BCUT2D eigenvalue weighted by molar-refractivity contribution is 5.97. The number of benzene rings is 1. The molecule has 118 valence electrons. The van der Waals surface area contributed by atoms with Gasteiger partial charge in [0.1, 0.15) is 24.4 Å². The molecule has 0 spiro atoms. The van der Waals surface area contributed by atoms with Crippen LogP contribution in [0, 0.1) is 0 Å². The van der Waals surface area contributed by atoms with Crippen molar-refractivity contribution in [2.45, 2.75) is 30.6 Å². The molecule has 1 aromatic heterocycles. The van der Waals surface area contributed by atoms with Gasteiger partial charge in [-0.15, -0.1) is 0 Å². The number of hydrogen-bond acceptors (Lipinski definition) is 6. The van der Waals surface area contributed by atoms with E-state index < -0.39 is 37.3 Å². The Bertz CT molecular complexity index is 682. The van der Waals surface area contributed by atoms with E-state index in [1.807, 2.05) is 0 Å². The van der Waals surface area contributed by atoms with Gasteiger partial charge in [0.15, 0.2) is 12.5 Å². The molecule has 4 N–H and O–H groups in total. The molecule has 1 aromatic carbocycles. The normalized spacial score (nSPS) is 32.3. The Hall–Kier alpha value is -1.77. The van der Waals surface area contributed by atoms with Crippen molar-refractivity contribution in [2.24, 2.45) is 0 Å². The molecule has 0 saturated carbocycles. The van der Waals surface area contributed by atoms with Crippen LogP contribution in [-0.2, 0) is 4.74 Å². The zero-order chi connectivity index (χ0) is 15.9. The van der Waals surface area contributed by atoms with Gasteiger partial charge >= 0.3 is 0 Å². The van der Waals surface area contributed by atoms with Crippen molar-refractivity contribution in [3.63, 3.8) is 0 Å². The Morgan fingerprint density at radius 2 is 1.86 bits per heavy atom. The maximum atomic E-state index is 11.2. The van der Waals surface area contributed by atoms with Crippen LogP contribution in [0.1, 0.15) is 16.6 Å². The van der Waals surface area contributed by atoms with Gasteiger partial charge in [-0.3, -0.25) is 4.79 Å². The summed E-state index contributed by atoms with van der Waals surface area (Å²) in [6.07, 6.45) is -4.07. The molecular formula is C15H17NO6. The lowest BCUT2D eigenvalue weighted by atomic mass is 9.98. The Morgan fingerprint density at radius 3 is 2.55 bits per heavy atom. The monoisotopic (exact) mass is 307 g/mol. The van der Waals surface area contributed by atoms with Crippen LogP contribution in [0.3, 0.4) is 0 Å². The number of nitrogens with zero attached hydrogens (tertiary/aromatic N) is 1. The average molecular weight is 307 g/mol. The van der Waals surface area contributed by atoms with E-state index in [9.17, 15) is 25.2 Å². The van der Waals surface area contributed by atoms with Crippen molar-refractivity contribution in [1.29, 1.82) is 0 Å². The molecule has 22 heavy (non-hydrogen) atoms. The summed E-state index contributed by atoms with van der Waals surface area (Å²) >= 11 is 0. The first kappa shape index (κ1) is 15.1. The van der Waals surface area contributed by atoms with Gasteiger partial charge in [-0.1, -0.05) is 18.2 Å². The quantitative estimate of drug-likeness (QED) is 0.565. The minimum absolute atomic E-state index is 0.424. The molecule has 1 aliphatic heterocycles. The third kappa shape index (κ3) is 2.23. The van der Waals surface area contributed by atoms with Crippen molar-refractivity contribution in [1.82, 2.24) is 4.57 Å². The topological polar surface area (TPSA) is 112 Å². The Balaban J connectivity index is 2.08. The molecule has 1 aliphatic rings. The van der Waals surface area contributed by atoms with E-state index >= 15 is 0 Å². The third-order valence-corrected chi connectivity index (χ3v) is 4.04. The van der Waals surface area contributed by atoms with Crippen molar-refractivity contribution < 1.29 is 30.0 Å². The SMILES string of the molecule is O=Cc1cn([C@@H]2OC(CO)[C@@H](O)C(O)C2O)c2ccccc12. The Kier molecular flexibility index (Phi) is 3.98. The van der Waals surface area contributed by atoms with Crippen LogP contribution in [0.25, 0.3) is 10.9 Å². The largest absolute Gasteiger partial charge is 0.394 e. The van der Waals surface area contributed by atoms with E-state index in [1.165, 1.54) is 10.8 Å². The van der Waals surface area contributed by atoms with Gasteiger partial charge in [-0.2, -0.15) is 0 Å². The lowest BCUT2D eigenvalue weighted by molar-refractivity contribution is -0.250. The van der Waals surface area contributed by atoms with Crippen LogP contribution < -0.4 is 0 Å². The van der Waals surface area contributed by atoms with Gasteiger partial charge in [0.25, 0.3) is 0 Å². The van der Waals surface area contributed by atoms with E-state index in [2.05, 4.69) is 0 Å². The lowest BCUT2D eigenvalue weighted by Gasteiger charge is -2.40. The highest BCUT2D eigenvalue weighted by atomic mass is 16.6. The van der Waals surface area contributed by atoms with Crippen LogP contribution in [-0.4, -0.2) is 62.3 Å². The number of carbonyl (C=O) groups excluding carboxylic acids is 1. The van der Waals surface area contributed by atoms with Gasteiger partial charge in [-0.25, -0.2) is 0 Å². The molecule has 1 fully saturated rings. The second-order valence-corrected chi connectivity index (χ2v) is 5.35. The molecule has 0 amide bonds. The smallest absolute Gasteiger partial charge is 0.163 e. The summed E-state index contributed by atoms with van der Waals surface area (Å²) < 4.78 is 7.05. The molecule has 2 heterocycles. The molecule has 2 aromatic rings. The second kappa shape index (κ2) is 5.79. The molecule has 3 unspecified atom stereocenters. The Labute approximate surface area is 126 Å². The van der Waals surface area contributed by atoms with Crippen LogP contribution in [0.2, 0.25) is 0 Å². The van der Waals surface area contributed by atoms with Crippen LogP contribution in [0.15, 0.2) is 30.5 Å². The van der Waals surface area contributed by atoms with Gasteiger partial charge in [0.05, 0.1) is 12.1 Å². The van der Waals surface area contributed by atoms with E-state index in [-0.39, 0.29) is 0 Å². The van der Waals surface area contributed by atoms with Gasteiger partial charge < -0.3 is 29.7 Å². The molecule has 3 rings (SSSR count). The maximum Gasteiger partial charge on any atom is 0.163 e. The number of aliphatic hydroxyl groups is 4. The average Bonchev–Trinajstić information content (AvgIpc) is 2.92. The number of carbonyl (C=O) groups is 1. The van der Waals surface area contributed by atoms with Crippen molar-refractivity contribution >= 4 is 17.2 Å². The van der Waals surface area contributed by atoms with E-state index in [4.69, 9.17) is 4.74 Å². The number of fused-ring (bicyclic) bond motifs is 1. The summed E-state index contributed by atoms with van der Waals surface area (Å²) in [6, 6.07) is 7.08. The molecule has 1 saturated heterocycles. The van der Waals surface area contributed by atoms with Crippen molar-refractivity contribution in [2.75, 3.05) is 6.61 Å². The van der Waals surface area contributed by atoms with E-state index in [0.717, 1.165) is 0 Å².